The van der Waals surface area contributed by atoms with Gasteiger partial charge in [0.05, 0.1) is 0 Å². The summed E-state index contributed by atoms with van der Waals surface area (Å²) in [7, 11) is 0. The average Bonchev–Trinajstić information content (AvgIpc) is 2.79. The fourth-order valence-corrected chi connectivity index (χ4v) is 2.68. The Balaban J connectivity index is 1.79. The van der Waals surface area contributed by atoms with Crippen LogP contribution in [0.4, 0.5) is 0 Å². The molecule has 0 saturated heterocycles. The van der Waals surface area contributed by atoms with Crippen LogP contribution in [0.2, 0.25) is 0 Å². The molecule has 2 aromatic rings. The van der Waals surface area contributed by atoms with Gasteiger partial charge >= 0.3 is 0 Å². The van der Waals surface area contributed by atoms with Gasteiger partial charge in [0.25, 0.3) is 5.91 Å². The van der Waals surface area contributed by atoms with Gasteiger partial charge in [-0.2, -0.15) is 0 Å². The molecule has 1 amide bonds. The molecule has 146 valence electrons. The summed E-state index contributed by atoms with van der Waals surface area (Å²) in [5.41, 5.74) is 2.14. The van der Waals surface area contributed by atoms with Crippen molar-refractivity contribution in [3.8, 4) is 49.4 Å². The third-order valence-electron chi connectivity index (χ3n) is 4.19. The first-order valence-electron chi connectivity index (χ1n) is 9.22. The number of aromatic nitrogens is 2. The highest BCUT2D eigenvalue weighted by Crippen LogP contribution is 2.11. The molecule has 0 saturated carbocycles. The Kier molecular flexibility index (Phi) is 7.96. The summed E-state index contributed by atoms with van der Waals surface area (Å²) < 4.78 is 0. The van der Waals surface area contributed by atoms with Crippen LogP contribution < -0.4 is 5.32 Å². The highest BCUT2D eigenvalue weighted by molar-refractivity contribution is 5.96. The number of ketones is 1. The third-order valence-corrected chi connectivity index (χ3v) is 4.19. The maximum absolute atomic E-state index is 12.4. The number of Topliss-reactive ketones (excluding diaryl/α,β-unsaturated/α-hetero) is 1. The summed E-state index contributed by atoms with van der Waals surface area (Å²) in [5.74, 6) is 9.22. The van der Waals surface area contributed by atoms with Crippen molar-refractivity contribution in [1.82, 2.24) is 15.3 Å². The van der Waals surface area contributed by atoms with Crippen molar-refractivity contribution < 1.29 is 9.59 Å². The minimum absolute atomic E-state index is 0.0464. The van der Waals surface area contributed by atoms with E-state index < -0.39 is 0 Å². The number of hydrogen-bond acceptors (Lipinski definition) is 4. The predicted molar refractivity (Wildman–Crippen MR) is 115 cm³/mol. The standard InChI is InChI=1S/C25H19N3O2/c1-5-20-14-18(15-21(6-2)27-20)24(29)12-10-9-11-13-26-25(30)19-16-22(7-3)28-23(8-4)17-19/h1-4,14-17H,9-13H2,(H,26,30). The molecule has 0 fully saturated rings. The first kappa shape index (κ1) is 22.0. The second-order valence-corrected chi connectivity index (χ2v) is 6.32. The first-order valence-corrected chi connectivity index (χ1v) is 9.22. The van der Waals surface area contributed by atoms with Gasteiger partial charge in [0.15, 0.2) is 5.78 Å². The minimum Gasteiger partial charge on any atom is -0.352 e. The van der Waals surface area contributed by atoms with Gasteiger partial charge in [-0.3, -0.25) is 9.59 Å². The molecule has 0 radical (unpaired) electrons. The molecule has 0 unspecified atom stereocenters. The van der Waals surface area contributed by atoms with Gasteiger partial charge in [-0.25, -0.2) is 9.97 Å². The lowest BCUT2D eigenvalue weighted by Crippen LogP contribution is -2.24. The molecule has 0 aromatic carbocycles. The quantitative estimate of drug-likeness (QED) is 0.425. The Hall–Kier alpha value is -4.32. The summed E-state index contributed by atoms with van der Waals surface area (Å²) in [4.78, 5) is 32.7. The van der Waals surface area contributed by atoms with Crippen LogP contribution in [0.5, 0.6) is 0 Å². The highest BCUT2D eigenvalue weighted by atomic mass is 16.1. The van der Waals surface area contributed by atoms with E-state index in [1.807, 2.05) is 0 Å². The predicted octanol–water partition coefficient (Wildman–Crippen LogP) is 2.57. The molecule has 0 spiro atoms. The number of carbonyl (C=O) groups excluding carboxylic acids is 2. The number of terminal acetylenes is 4. The fourth-order valence-electron chi connectivity index (χ4n) is 2.68. The molecule has 30 heavy (non-hydrogen) atoms. The van der Waals surface area contributed by atoms with Crippen LogP contribution in [0.1, 0.15) is 69.2 Å². The van der Waals surface area contributed by atoms with Gasteiger partial charge in [0.1, 0.15) is 22.8 Å². The maximum Gasteiger partial charge on any atom is 0.251 e. The number of unbranched alkanes of at least 4 members (excludes halogenated alkanes) is 2. The van der Waals surface area contributed by atoms with Crippen molar-refractivity contribution in [2.24, 2.45) is 0 Å². The molecular formula is C25H19N3O2. The molecule has 0 aliphatic carbocycles. The van der Waals surface area contributed by atoms with Crippen LogP contribution in [0.3, 0.4) is 0 Å². The van der Waals surface area contributed by atoms with Crippen LogP contribution in [0.15, 0.2) is 24.3 Å². The number of hydrogen-bond donors (Lipinski definition) is 1. The summed E-state index contributed by atoms with van der Waals surface area (Å²) in [6.45, 7) is 0.462. The van der Waals surface area contributed by atoms with Gasteiger partial charge < -0.3 is 5.32 Å². The van der Waals surface area contributed by atoms with Gasteiger partial charge in [-0.15, -0.1) is 25.7 Å². The van der Waals surface area contributed by atoms with Crippen molar-refractivity contribution in [2.45, 2.75) is 25.7 Å². The molecule has 2 rings (SSSR count). The van der Waals surface area contributed by atoms with E-state index in [4.69, 9.17) is 25.7 Å². The number of carbonyl (C=O) groups is 2. The molecular weight excluding hydrogens is 374 g/mol. The molecule has 0 atom stereocenters. The molecule has 0 bridgehead atoms. The van der Waals surface area contributed by atoms with E-state index in [2.05, 4.69) is 39.0 Å². The smallest absolute Gasteiger partial charge is 0.251 e. The van der Waals surface area contributed by atoms with Crippen molar-refractivity contribution in [1.29, 1.82) is 0 Å². The van der Waals surface area contributed by atoms with Gasteiger partial charge in [-0.05, 0) is 37.1 Å². The van der Waals surface area contributed by atoms with Crippen molar-refractivity contribution >= 4 is 11.7 Å². The molecule has 0 aliphatic heterocycles. The lowest BCUT2D eigenvalue weighted by molar-refractivity contribution is 0.0947. The lowest BCUT2D eigenvalue weighted by Gasteiger charge is -2.07. The van der Waals surface area contributed by atoms with E-state index in [0.29, 0.717) is 53.3 Å². The first-order chi connectivity index (χ1) is 14.5. The summed E-state index contributed by atoms with van der Waals surface area (Å²) in [5, 5.41) is 2.81. The zero-order valence-corrected chi connectivity index (χ0v) is 16.4. The van der Waals surface area contributed by atoms with Crippen molar-refractivity contribution in [3.05, 3.63) is 58.2 Å². The molecule has 1 N–H and O–H groups in total. The zero-order chi connectivity index (χ0) is 21.9. The van der Waals surface area contributed by atoms with Crippen LogP contribution in [0, 0.1) is 49.4 Å². The topological polar surface area (TPSA) is 72.0 Å². The van der Waals surface area contributed by atoms with E-state index in [0.717, 1.165) is 12.8 Å². The Morgan fingerprint density at radius 1 is 0.733 bits per heavy atom. The Morgan fingerprint density at radius 2 is 1.20 bits per heavy atom. The van der Waals surface area contributed by atoms with Crippen LogP contribution in [-0.4, -0.2) is 28.2 Å². The molecule has 2 heterocycles. The van der Waals surface area contributed by atoms with E-state index in [1.165, 1.54) is 12.1 Å². The Labute approximate surface area is 176 Å². The van der Waals surface area contributed by atoms with E-state index in [-0.39, 0.29) is 11.7 Å². The van der Waals surface area contributed by atoms with E-state index in [1.54, 1.807) is 12.1 Å². The Bertz CT molecular complexity index is 979. The van der Waals surface area contributed by atoms with Crippen LogP contribution in [0.25, 0.3) is 0 Å². The second-order valence-electron chi connectivity index (χ2n) is 6.32. The Morgan fingerprint density at radius 3 is 1.67 bits per heavy atom. The normalized spacial score (nSPS) is 9.47. The summed E-state index contributed by atoms with van der Waals surface area (Å²) in [6, 6.07) is 6.15. The average molecular weight is 393 g/mol. The molecule has 0 aliphatic rings. The largest absolute Gasteiger partial charge is 0.352 e. The van der Waals surface area contributed by atoms with E-state index >= 15 is 0 Å². The molecule has 5 nitrogen and oxygen atoms in total. The van der Waals surface area contributed by atoms with Gasteiger partial charge in [0, 0.05) is 24.1 Å². The zero-order valence-electron chi connectivity index (χ0n) is 16.4. The summed E-state index contributed by atoms with van der Waals surface area (Å²) in [6.07, 6.45) is 23.9. The van der Waals surface area contributed by atoms with Crippen molar-refractivity contribution in [3.63, 3.8) is 0 Å². The number of rotatable bonds is 8. The summed E-state index contributed by atoms with van der Waals surface area (Å²) >= 11 is 0. The van der Waals surface area contributed by atoms with Crippen LogP contribution in [-0.2, 0) is 0 Å². The third kappa shape index (κ3) is 6.10. The second kappa shape index (κ2) is 10.9. The van der Waals surface area contributed by atoms with Crippen molar-refractivity contribution in [2.75, 3.05) is 6.54 Å². The van der Waals surface area contributed by atoms with Gasteiger partial charge in [0.2, 0.25) is 0 Å². The highest BCUT2D eigenvalue weighted by Gasteiger charge is 2.10. The molecule has 5 heteroatoms. The molecule has 2 aromatic heterocycles. The number of nitrogens with zero attached hydrogens (tertiary/aromatic N) is 2. The number of amides is 1. The van der Waals surface area contributed by atoms with Gasteiger partial charge in [-0.1, -0.05) is 30.1 Å². The fraction of sp³-hybridized carbons (Fsp3) is 0.200. The monoisotopic (exact) mass is 393 g/mol. The SMILES string of the molecule is C#Cc1cc(C(=O)CCCCCNC(=O)c2cc(C#C)nc(C#C)c2)cc(C#C)n1. The van der Waals surface area contributed by atoms with E-state index in [9.17, 15) is 9.59 Å². The number of nitrogens with one attached hydrogen (secondary N) is 1. The van der Waals surface area contributed by atoms with Crippen LogP contribution >= 0.6 is 0 Å². The maximum atomic E-state index is 12.4. The minimum atomic E-state index is -0.276. The lowest BCUT2D eigenvalue weighted by atomic mass is 10.0. The number of pyridine rings is 2.